The lowest BCUT2D eigenvalue weighted by Crippen LogP contribution is -1.92. The maximum atomic E-state index is 8.24. The fourth-order valence-electron chi connectivity index (χ4n) is 0.916. The second-order valence-electron chi connectivity index (χ2n) is 2.46. The molecular weight excluding hydrogens is 140 g/mol. The van der Waals surface area contributed by atoms with Crippen LogP contribution in [0.2, 0.25) is 0 Å². The second-order valence-corrected chi connectivity index (χ2v) is 2.46. The van der Waals surface area contributed by atoms with Crippen molar-refractivity contribution in [3.05, 3.63) is 29.1 Å². The number of aromatic nitrogens is 1. The van der Waals surface area contributed by atoms with Gasteiger partial charge in [-0.1, -0.05) is 11.2 Å². The summed E-state index contributed by atoms with van der Waals surface area (Å²) in [4.78, 5) is 4.06. The molecule has 58 valence electrons. The number of nitrogens with zero attached hydrogens (tertiary/aromatic N) is 2. The Labute approximate surface area is 65.4 Å². The normalized spacial score (nSPS) is 10.7. The van der Waals surface area contributed by atoms with E-state index in [9.17, 15) is 0 Å². The standard InChI is InChI=1S/C8H10N2O/c1-6-3-7(2)8(5-10-11)9-4-6/h3-5,11H,1-2H3/b10-5+. The summed E-state index contributed by atoms with van der Waals surface area (Å²) in [6, 6.07) is 1.99. The van der Waals surface area contributed by atoms with Gasteiger partial charge in [0, 0.05) is 6.20 Å². The zero-order valence-corrected chi connectivity index (χ0v) is 6.57. The highest BCUT2D eigenvalue weighted by atomic mass is 16.4. The first kappa shape index (κ1) is 7.72. The van der Waals surface area contributed by atoms with Crippen molar-refractivity contribution >= 4 is 6.21 Å². The third-order valence-electron chi connectivity index (χ3n) is 1.44. The molecule has 0 fully saturated rings. The van der Waals surface area contributed by atoms with Gasteiger partial charge in [-0.2, -0.15) is 0 Å². The third kappa shape index (κ3) is 1.77. The van der Waals surface area contributed by atoms with Crippen LogP contribution in [0.5, 0.6) is 0 Å². The quantitative estimate of drug-likeness (QED) is 0.374. The van der Waals surface area contributed by atoms with E-state index in [4.69, 9.17) is 5.21 Å². The van der Waals surface area contributed by atoms with Crippen LogP contribution in [-0.4, -0.2) is 16.4 Å². The smallest absolute Gasteiger partial charge is 0.0920 e. The number of oxime groups is 1. The zero-order chi connectivity index (χ0) is 8.27. The predicted molar refractivity (Wildman–Crippen MR) is 43.1 cm³/mol. The lowest BCUT2D eigenvalue weighted by atomic mass is 10.2. The van der Waals surface area contributed by atoms with Crippen LogP contribution in [0, 0.1) is 13.8 Å². The van der Waals surface area contributed by atoms with Crippen LogP contribution < -0.4 is 0 Å². The van der Waals surface area contributed by atoms with Gasteiger partial charge in [0.25, 0.3) is 0 Å². The van der Waals surface area contributed by atoms with E-state index in [0.717, 1.165) is 11.1 Å². The van der Waals surface area contributed by atoms with Crippen LogP contribution in [0.1, 0.15) is 16.8 Å². The maximum Gasteiger partial charge on any atom is 0.0920 e. The molecule has 0 spiro atoms. The molecule has 1 rings (SSSR count). The van der Waals surface area contributed by atoms with Crippen molar-refractivity contribution in [3.8, 4) is 0 Å². The zero-order valence-electron chi connectivity index (χ0n) is 6.57. The molecule has 3 heteroatoms. The van der Waals surface area contributed by atoms with Crippen LogP contribution in [0.25, 0.3) is 0 Å². The SMILES string of the molecule is Cc1cnc(/C=N/O)c(C)c1. The van der Waals surface area contributed by atoms with Crippen molar-refractivity contribution in [2.24, 2.45) is 5.16 Å². The highest BCUT2D eigenvalue weighted by molar-refractivity contribution is 5.78. The van der Waals surface area contributed by atoms with Crippen molar-refractivity contribution < 1.29 is 5.21 Å². The molecule has 1 N–H and O–H groups in total. The molecule has 0 saturated heterocycles. The molecule has 0 unspecified atom stereocenters. The average molecular weight is 150 g/mol. The Morgan fingerprint density at radius 3 is 2.82 bits per heavy atom. The van der Waals surface area contributed by atoms with Crippen LogP contribution >= 0.6 is 0 Å². The Balaban J connectivity index is 3.09. The molecule has 1 heterocycles. The van der Waals surface area contributed by atoms with E-state index < -0.39 is 0 Å². The van der Waals surface area contributed by atoms with Gasteiger partial charge >= 0.3 is 0 Å². The Bertz CT molecular complexity index is 281. The van der Waals surface area contributed by atoms with Crippen LogP contribution in [0.4, 0.5) is 0 Å². The maximum absolute atomic E-state index is 8.24. The summed E-state index contributed by atoms with van der Waals surface area (Å²) in [6.45, 7) is 3.90. The number of hydrogen-bond donors (Lipinski definition) is 1. The molecule has 0 radical (unpaired) electrons. The van der Waals surface area contributed by atoms with E-state index in [0.29, 0.717) is 5.69 Å². The van der Waals surface area contributed by atoms with Crippen molar-refractivity contribution in [2.45, 2.75) is 13.8 Å². The summed E-state index contributed by atoms with van der Waals surface area (Å²) in [5.41, 5.74) is 2.83. The molecule has 0 amide bonds. The highest BCUT2D eigenvalue weighted by Crippen LogP contribution is 2.03. The molecule has 0 aliphatic rings. The Morgan fingerprint density at radius 2 is 2.27 bits per heavy atom. The van der Waals surface area contributed by atoms with Crippen LogP contribution in [0.15, 0.2) is 17.4 Å². The van der Waals surface area contributed by atoms with Crippen molar-refractivity contribution in [1.29, 1.82) is 0 Å². The molecule has 0 aliphatic heterocycles. The molecule has 3 nitrogen and oxygen atoms in total. The van der Waals surface area contributed by atoms with Crippen LogP contribution in [-0.2, 0) is 0 Å². The third-order valence-corrected chi connectivity index (χ3v) is 1.44. The van der Waals surface area contributed by atoms with Gasteiger partial charge in [0.05, 0.1) is 11.9 Å². The molecular formula is C8H10N2O. The van der Waals surface area contributed by atoms with E-state index in [1.54, 1.807) is 6.20 Å². The highest BCUT2D eigenvalue weighted by Gasteiger charge is 1.95. The first-order valence-electron chi connectivity index (χ1n) is 3.34. The molecule has 1 aromatic heterocycles. The van der Waals surface area contributed by atoms with Gasteiger partial charge in [-0.05, 0) is 25.0 Å². The fraction of sp³-hybridized carbons (Fsp3) is 0.250. The summed E-state index contributed by atoms with van der Waals surface area (Å²) >= 11 is 0. The van der Waals surface area contributed by atoms with Crippen molar-refractivity contribution in [3.63, 3.8) is 0 Å². The fourth-order valence-corrected chi connectivity index (χ4v) is 0.916. The van der Waals surface area contributed by atoms with Gasteiger partial charge in [0.2, 0.25) is 0 Å². The predicted octanol–water partition coefficient (Wildman–Crippen LogP) is 1.51. The Kier molecular flexibility index (Phi) is 2.21. The lowest BCUT2D eigenvalue weighted by Gasteiger charge is -1.97. The molecule has 0 bridgehead atoms. The monoisotopic (exact) mass is 150 g/mol. The first-order chi connectivity index (χ1) is 5.24. The van der Waals surface area contributed by atoms with E-state index in [1.807, 2.05) is 19.9 Å². The van der Waals surface area contributed by atoms with Crippen molar-refractivity contribution in [2.75, 3.05) is 0 Å². The topological polar surface area (TPSA) is 45.5 Å². The number of rotatable bonds is 1. The molecule has 0 aliphatic carbocycles. The lowest BCUT2D eigenvalue weighted by molar-refractivity contribution is 0.321. The minimum absolute atomic E-state index is 0.707. The van der Waals surface area contributed by atoms with E-state index >= 15 is 0 Å². The summed E-state index contributed by atoms with van der Waals surface area (Å²) in [6.07, 6.45) is 3.07. The first-order valence-corrected chi connectivity index (χ1v) is 3.34. The Morgan fingerprint density at radius 1 is 1.55 bits per heavy atom. The number of pyridine rings is 1. The van der Waals surface area contributed by atoms with Gasteiger partial charge < -0.3 is 5.21 Å². The van der Waals surface area contributed by atoms with Crippen molar-refractivity contribution in [1.82, 2.24) is 4.98 Å². The molecule has 1 aromatic rings. The minimum atomic E-state index is 0.707. The molecule has 11 heavy (non-hydrogen) atoms. The largest absolute Gasteiger partial charge is 0.411 e. The average Bonchev–Trinajstić information content (AvgIpc) is 1.95. The molecule has 0 saturated carbocycles. The van der Waals surface area contributed by atoms with Gasteiger partial charge in [-0.15, -0.1) is 0 Å². The summed E-state index contributed by atoms with van der Waals surface area (Å²) in [7, 11) is 0. The van der Waals surface area contributed by atoms with Crippen LogP contribution in [0.3, 0.4) is 0 Å². The van der Waals surface area contributed by atoms with Gasteiger partial charge in [-0.3, -0.25) is 4.98 Å². The van der Waals surface area contributed by atoms with Gasteiger partial charge in [0.15, 0.2) is 0 Å². The molecule has 0 aromatic carbocycles. The summed E-state index contributed by atoms with van der Waals surface area (Å²) in [5.74, 6) is 0. The summed E-state index contributed by atoms with van der Waals surface area (Å²) < 4.78 is 0. The van der Waals surface area contributed by atoms with E-state index in [2.05, 4.69) is 10.1 Å². The number of aryl methyl sites for hydroxylation is 2. The molecule has 0 atom stereocenters. The van der Waals surface area contributed by atoms with Gasteiger partial charge in [-0.25, -0.2) is 0 Å². The number of hydrogen-bond acceptors (Lipinski definition) is 3. The van der Waals surface area contributed by atoms with Gasteiger partial charge in [0.1, 0.15) is 0 Å². The Hall–Kier alpha value is -1.38. The summed E-state index contributed by atoms with van der Waals surface area (Å²) in [5, 5.41) is 11.2. The second kappa shape index (κ2) is 3.14. The van der Waals surface area contributed by atoms with E-state index in [1.165, 1.54) is 6.21 Å². The minimum Gasteiger partial charge on any atom is -0.411 e. The van der Waals surface area contributed by atoms with E-state index in [-0.39, 0.29) is 0 Å².